The highest BCUT2D eigenvalue weighted by atomic mass is 16.4. The van der Waals surface area contributed by atoms with E-state index >= 15 is 0 Å². The smallest absolute Gasteiger partial charge is 0.339 e. The molecule has 0 radical (unpaired) electrons. The largest absolute Gasteiger partial charge is 0.478 e. The zero-order valence-corrected chi connectivity index (χ0v) is 10.3. The van der Waals surface area contributed by atoms with Gasteiger partial charge in [-0.15, -0.1) is 0 Å². The first kappa shape index (κ1) is 12.8. The second-order valence-electron chi connectivity index (χ2n) is 3.95. The number of rotatable bonds is 2. The first-order valence-corrected chi connectivity index (χ1v) is 5.49. The number of para-hydroxylation sites is 1. The van der Waals surface area contributed by atoms with Crippen LogP contribution in [-0.4, -0.2) is 24.0 Å². The molecule has 1 aromatic heterocycles. The second-order valence-corrected chi connectivity index (χ2v) is 3.95. The molecule has 0 unspecified atom stereocenters. The maximum Gasteiger partial charge on any atom is 0.339 e. The van der Waals surface area contributed by atoms with Gasteiger partial charge in [-0.3, -0.25) is 9.59 Å². The molecule has 98 valence electrons. The lowest BCUT2D eigenvalue weighted by molar-refractivity contribution is 0.0696. The van der Waals surface area contributed by atoms with Crippen molar-refractivity contribution in [3.05, 3.63) is 45.3 Å². The molecule has 2 aromatic rings. The normalized spacial score (nSPS) is 10.4. The van der Waals surface area contributed by atoms with Crippen molar-refractivity contribution >= 4 is 22.8 Å². The fraction of sp³-hybridized carbons (Fsp3) is 0.154. The number of benzene rings is 1. The van der Waals surface area contributed by atoms with Crippen LogP contribution < -0.4 is 10.7 Å². The van der Waals surface area contributed by atoms with Gasteiger partial charge in [-0.1, -0.05) is 6.07 Å². The van der Waals surface area contributed by atoms with Crippen LogP contribution in [0.15, 0.2) is 27.4 Å². The van der Waals surface area contributed by atoms with Crippen LogP contribution in [0.2, 0.25) is 0 Å². The summed E-state index contributed by atoms with van der Waals surface area (Å²) < 4.78 is 5.33. The Morgan fingerprint density at radius 3 is 2.58 bits per heavy atom. The number of carboxylic acid groups (broad SMARTS) is 1. The Balaban J connectivity index is 2.94. The molecule has 0 saturated heterocycles. The molecule has 6 heteroatoms. The first-order chi connectivity index (χ1) is 8.97. The molecule has 0 aliphatic carbocycles. The summed E-state index contributed by atoms with van der Waals surface area (Å²) in [6, 6.07) is 4.24. The van der Waals surface area contributed by atoms with Crippen LogP contribution in [0.1, 0.15) is 26.5 Å². The predicted molar refractivity (Wildman–Crippen MR) is 67.6 cm³/mol. The second kappa shape index (κ2) is 4.56. The number of carbonyl (C=O) groups excluding carboxylic acids is 1. The van der Waals surface area contributed by atoms with Gasteiger partial charge in [0.2, 0.25) is 0 Å². The molecule has 0 spiro atoms. The monoisotopic (exact) mass is 261 g/mol. The van der Waals surface area contributed by atoms with Gasteiger partial charge >= 0.3 is 5.97 Å². The lowest BCUT2D eigenvalue weighted by Gasteiger charge is -2.07. The summed E-state index contributed by atoms with van der Waals surface area (Å²) in [5, 5.41) is 11.6. The van der Waals surface area contributed by atoms with Crippen LogP contribution in [0, 0.1) is 6.92 Å². The van der Waals surface area contributed by atoms with E-state index < -0.39 is 17.3 Å². The number of hydrogen-bond donors (Lipinski definition) is 2. The van der Waals surface area contributed by atoms with Crippen molar-refractivity contribution in [1.82, 2.24) is 5.32 Å². The van der Waals surface area contributed by atoms with Crippen LogP contribution in [-0.2, 0) is 0 Å². The van der Waals surface area contributed by atoms with E-state index in [1.807, 2.05) is 0 Å². The predicted octanol–water partition coefficient (Wildman–Crippen LogP) is 1.16. The van der Waals surface area contributed by atoms with Gasteiger partial charge < -0.3 is 14.8 Å². The molecule has 19 heavy (non-hydrogen) atoms. The third-order valence-electron chi connectivity index (χ3n) is 2.81. The van der Waals surface area contributed by atoms with Gasteiger partial charge in [0.25, 0.3) is 5.91 Å². The summed E-state index contributed by atoms with van der Waals surface area (Å²) >= 11 is 0. The highest BCUT2D eigenvalue weighted by molar-refractivity contribution is 6.02. The van der Waals surface area contributed by atoms with Gasteiger partial charge in [-0.2, -0.15) is 0 Å². The number of hydrogen-bond acceptors (Lipinski definition) is 4. The molecule has 2 rings (SSSR count). The molecule has 1 heterocycles. The maximum atomic E-state index is 12.1. The lowest BCUT2D eigenvalue weighted by atomic mass is 10.1. The minimum Gasteiger partial charge on any atom is -0.478 e. The van der Waals surface area contributed by atoms with Crippen LogP contribution >= 0.6 is 0 Å². The quantitative estimate of drug-likeness (QED) is 0.845. The number of fused-ring (bicyclic) bond motifs is 1. The summed E-state index contributed by atoms with van der Waals surface area (Å²) in [6.07, 6.45) is 0. The van der Waals surface area contributed by atoms with E-state index in [-0.39, 0.29) is 27.9 Å². The van der Waals surface area contributed by atoms with E-state index in [0.717, 1.165) is 0 Å². The lowest BCUT2D eigenvalue weighted by Crippen LogP contribution is -2.22. The molecular weight excluding hydrogens is 250 g/mol. The van der Waals surface area contributed by atoms with Gasteiger partial charge in [-0.25, -0.2) is 4.79 Å². The third kappa shape index (κ3) is 1.97. The summed E-state index contributed by atoms with van der Waals surface area (Å²) in [5.74, 6) is -1.97. The van der Waals surface area contributed by atoms with E-state index in [0.29, 0.717) is 0 Å². The standard InChI is InChI=1S/C13H11NO5/c1-6-9(15)7-4-3-5-8(13(17)18)11(7)19-10(6)12(16)14-2/h3-5H,1-2H3,(H,14,16)(H,17,18). The topological polar surface area (TPSA) is 96.6 Å². The SMILES string of the molecule is CNC(=O)c1oc2c(C(=O)O)cccc2c(=O)c1C. The van der Waals surface area contributed by atoms with E-state index in [2.05, 4.69) is 5.32 Å². The molecule has 2 N–H and O–H groups in total. The average molecular weight is 261 g/mol. The molecule has 0 fully saturated rings. The molecule has 0 aliphatic heterocycles. The van der Waals surface area contributed by atoms with Crippen molar-refractivity contribution < 1.29 is 19.1 Å². The molecule has 0 aliphatic rings. The Bertz CT molecular complexity index is 745. The van der Waals surface area contributed by atoms with Crippen molar-refractivity contribution in [2.45, 2.75) is 6.92 Å². The number of carbonyl (C=O) groups is 2. The highest BCUT2D eigenvalue weighted by Crippen LogP contribution is 2.19. The van der Waals surface area contributed by atoms with Gasteiger partial charge in [0, 0.05) is 12.6 Å². The summed E-state index contributed by atoms with van der Waals surface area (Å²) in [7, 11) is 1.40. The minimum atomic E-state index is -1.22. The Morgan fingerprint density at radius 2 is 2.00 bits per heavy atom. The molecule has 6 nitrogen and oxygen atoms in total. The summed E-state index contributed by atoms with van der Waals surface area (Å²) in [6.45, 7) is 1.46. The van der Waals surface area contributed by atoms with Crippen molar-refractivity contribution in [3.63, 3.8) is 0 Å². The van der Waals surface area contributed by atoms with Gasteiger partial charge in [0.1, 0.15) is 5.56 Å². The van der Waals surface area contributed by atoms with Crippen LogP contribution in [0.4, 0.5) is 0 Å². The van der Waals surface area contributed by atoms with Crippen molar-refractivity contribution in [2.75, 3.05) is 7.05 Å². The molecule has 0 bridgehead atoms. The number of nitrogens with one attached hydrogen (secondary N) is 1. The van der Waals surface area contributed by atoms with Gasteiger partial charge in [0.15, 0.2) is 16.8 Å². The Morgan fingerprint density at radius 1 is 1.32 bits per heavy atom. The van der Waals surface area contributed by atoms with Crippen LogP contribution in [0.25, 0.3) is 11.0 Å². The fourth-order valence-electron chi connectivity index (χ4n) is 1.81. The Kier molecular flexibility index (Phi) is 3.08. The maximum absolute atomic E-state index is 12.1. The zero-order valence-electron chi connectivity index (χ0n) is 10.3. The Labute approximate surface area is 107 Å². The molecule has 0 saturated carbocycles. The van der Waals surface area contributed by atoms with Gasteiger partial charge in [0.05, 0.1) is 5.39 Å². The van der Waals surface area contributed by atoms with Crippen molar-refractivity contribution in [2.24, 2.45) is 0 Å². The van der Waals surface area contributed by atoms with Crippen molar-refractivity contribution in [3.8, 4) is 0 Å². The van der Waals surface area contributed by atoms with E-state index in [1.165, 1.54) is 32.2 Å². The third-order valence-corrected chi connectivity index (χ3v) is 2.81. The van der Waals surface area contributed by atoms with E-state index in [9.17, 15) is 14.4 Å². The number of aromatic carboxylic acids is 1. The highest BCUT2D eigenvalue weighted by Gasteiger charge is 2.19. The van der Waals surface area contributed by atoms with Crippen LogP contribution in [0.3, 0.4) is 0 Å². The fourth-order valence-corrected chi connectivity index (χ4v) is 1.81. The first-order valence-electron chi connectivity index (χ1n) is 5.49. The number of amides is 1. The number of carboxylic acids is 1. The average Bonchev–Trinajstić information content (AvgIpc) is 2.41. The van der Waals surface area contributed by atoms with E-state index in [4.69, 9.17) is 9.52 Å². The van der Waals surface area contributed by atoms with Crippen LogP contribution in [0.5, 0.6) is 0 Å². The molecule has 1 aromatic carbocycles. The van der Waals surface area contributed by atoms with E-state index in [1.54, 1.807) is 0 Å². The van der Waals surface area contributed by atoms with Crippen molar-refractivity contribution in [1.29, 1.82) is 0 Å². The zero-order chi connectivity index (χ0) is 14.2. The molecule has 0 atom stereocenters. The molecule has 1 amide bonds. The van der Waals surface area contributed by atoms with Gasteiger partial charge in [-0.05, 0) is 19.1 Å². The summed E-state index contributed by atoms with van der Waals surface area (Å²) in [4.78, 5) is 34.8. The molecular formula is C13H11NO5. The summed E-state index contributed by atoms with van der Waals surface area (Å²) in [5.41, 5.74) is -0.513. The minimum absolute atomic E-state index is 0.0933. The Hall–Kier alpha value is -2.63.